The molecule has 1 amide bonds. The van der Waals surface area contributed by atoms with E-state index in [1.807, 2.05) is 0 Å². The number of rotatable bonds is 4. The van der Waals surface area contributed by atoms with Crippen molar-refractivity contribution >= 4 is 17.6 Å². The fourth-order valence-corrected chi connectivity index (χ4v) is 2.70. The molecule has 0 aliphatic carbocycles. The number of amides is 1. The van der Waals surface area contributed by atoms with E-state index in [1.165, 1.54) is 18.0 Å². The summed E-state index contributed by atoms with van der Waals surface area (Å²) in [5, 5.41) is 8.92. The van der Waals surface area contributed by atoms with E-state index in [4.69, 9.17) is 21.3 Å². The second kappa shape index (κ2) is 8.14. The van der Waals surface area contributed by atoms with Crippen molar-refractivity contribution in [1.29, 1.82) is 0 Å². The maximum Gasteiger partial charge on any atom is 0.417 e. The van der Waals surface area contributed by atoms with Crippen molar-refractivity contribution in [1.82, 2.24) is 9.88 Å². The van der Waals surface area contributed by atoms with Crippen LogP contribution >= 0.6 is 0 Å². The van der Waals surface area contributed by atoms with E-state index in [2.05, 4.69) is 9.98 Å². The first-order chi connectivity index (χ1) is 12.6. The van der Waals surface area contributed by atoms with E-state index in [9.17, 15) is 18.0 Å². The van der Waals surface area contributed by atoms with Crippen LogP contribution in [0.4, 0.5) is 23.8 Å². The summed E-state index contributed by atoms with van der Waals surface area (Å²) in [5.41, 5.74) is 9.86. The number of hydrogen-bond donors (Lipinski definition) is 3. The Kier molecular flexibility index (Phi) is 6.13. The molecule has 0 bridgehead atoms. The van der Waals surface area contributed by atoms with Gasteiger partial charge in [-0.05, 0) is 6.07 Å². The maximum atomic E-state index is 13.3. The normalized spacial score (nSPS) is 17.1. The van der Waals surface area contributed by atoms with Gasteiger partial charge in [0.1, 0.15) is 11.9 Å². The summed E-state index contributed by atoms with van der Waals surface area (Å²) in [4.78, 5) is 19.7. The fraction of sp³-hybridized carbons (Fsp3) is 0.438. The molecule has 11 heteroatoms. The number of nitrogen functional groups attached to an aromatic ring is 1. The highest BCUT2D eigenvalue weighted by molar-refractivity contribution is 6.09. The van der Waals surface area contributed by atoms with E-state index in [-0.39, 0.29) is 29.1 Å². The van der Waals surface area contributed by atoms with Gasteiger partial charge in [0.15, 0.2) is 5.88 Å². The minimum atomic E-state index is -4.64. The molecule has 1 saturated heterocycles. The smallest absolute Gasteiger partial charge is 0.417 e. The summed E-state index contributed by atoms with van der Waals surface area (Å²) in [7, 11) is 1.32. The highest BCUT2D eigenvalue weighted by Crippen LogP contribution is 2.33. The molecule has 2 heterocycles. The molecule has 1 aliphatic rings. The number of likely N-dealkylation sites (tertiary alicyclic amines) is 1. The van der Waals surface area contributed by atoms with Gasteiger partial charge in [-0.1, -0.05) is 0 Å². The molecule has 1 aromatic heterocycles. The minimum absolute atomic E-state index is 0.0599. The topological polar surface area (TPSA) is 127 Å². The number of alkyl halides is 3. The first-order valence-corrected chi connectivity index (χ1v) is 8.03. The number of nitrogens with zero attached hydrogens (tertiary/aromatic N) is 3. The molecule has 0 radical (unpaired) electrons. The van der Waals surface area contributed by atoms with Crippen LogP contribution in [-0.4, -0.2) is 53.0 Å². The van der Waals surface area contributed by atoms with Crippen molar-refractivity contribution in [3.63, 3.8) is 0 Å². The molecule has 1 aliphatic heterocycles. The van der Waals surface area contributed by atoms with E-state index >= 15 is 0 Å². The number of hydrogen-bond acceptors (Lipinski definition) is 6. The monoisotopic (exact) mass is 387 g/mol. The van der Waals surface area contributed by atoms with Gasteiger partial charge in [-0.3, -0.25) is 4.99 Å². The molecular weight excluding hydrogens is 367 g/mol. The maximum absolute atomic E-state index is 13.3. The summed E-state index contributed by atoms with van der Waals surface area (Å²) in [6, 6.07) is 0.729. The Bertz CT molecular complexity index is 756. The minimum Gasteiger partial charge on any atom is -0.476 e. The first kappa shape index (κ1) is 20.3. The number of piperidine rings is 1. The molecule has 0 atom stereocenters. The summed E-state index contributed by atoms with van der Waals surface area (Å²) in [5.74, 6) is -0.380. The van der Waals surface area contributed by atoms with Gasteiger partial charge in [-0.2, -0.15) is 13.2 Å². The quantitative estimate of drug-likeness (QED) is 0.536. The third-order valence-electron chi connectivity index (χ3n) is 4.04. The number of anilines is 1. The van der Waals surface area contributed by atoms with Crippen LogP contribution in [0.25, 0.3) is 0 Å². The third-order valence-corrected chi connectivity index (χ3v) is 4.04. The summed E-state index contributed by atoms with van der Waals surface area (Å²) in [6.45, 7) is 0.588. The number of ether oxygens (including phenoxy) is 1. The molecule has 0 unspecified atom stereocenters. The van der Waals surface area contributed by atoms with E-state index in [0.29, 0.717) is 25.9 Å². The van der Waals surface area contributed by atoms with Gasteiger partial charge in [0.05, 0.1) is 11.3 Å². The standard InChI is InChI=1S/C16H20F3N5O3/c1-22-12(10-8-23-13(20)6-11(10)16(17,18)19)7-14(21)27-9-2-4-24(5-3-9)15(25)26/h6-9H,2-5,21H2,1H3,(H2,20,23)(H,25,26). The Hall–Kier alpha value is -2.98. The number of allylic oxidation sites excluding steroid dienone is 1. The van der Waals surface area contributed by atoms with Gasteiger partial charge in [0, 0.05) is 50.8 Å². The molecular formula is C16H20F3N5O3. The lowest BCUT2D eigenvalue weighted by atomic mass is 10.0. The average molecular weight is 387 g/mol. The summed E-state index contributed by atoms with van der Waals surface area (Å²) in [6.07, 6.45) is -2.96. The van der Waals surface area contributed by atoms with Crippen LogP contribution in [-0.2, 0) is 10.9 Å². The molecule has 8 nitrogen and oxygen atoms in total. The first-order valence-electron chi connectivity index (χ1n) is 8.03. The average Bonchev–Trinajstić information content (AvgIpc) is 2.59. The number of carboxylic acid groups (broad SMARTS) is 1. The highest BCUT2D eigenvalue weighted by Gasteiger charge is 2.35. The van der Waals surface area contributed by atoms with Crippen LogP contribution in [0, 0.1) is 0 Å². The van der Waals surface area contributed by atoms with Gasteiger partial charge in [0.2, 0.25) is 0 Å². The Morgan fingerprint density at radius 3 is 2.59 bits per heavy atom. The molecule has 1 aromatic rings. The lowest BCUT2D eigenvalue weighted by Gasteiger charge is -2.30. The Morgan fingerprint density at radius 2 is 2.07 bits per heavy atom. The molecule has 5 N–H and O–H groups in total. The zero-order valence-electron chi connectivity index (χ0n) is 14.5. The summed E-state index contributed by atoms with van der Waals surface area (Å²) >= 11 is 0. The molecule has 0 saturated carbocycles. The van der Waals surface area contributed by atoms with Crippen LogP contribution in [0.15, 0.2) is 29.2 Å². The second-order valence-electron chi connectivity index (χ2n) is 5.89. The van der Waals surface area contributed by atoms with Crippen LogP contribution in [0.2, 0.25) is 0 Å². The van der Waals surface area contributed by atoms with Crippen molar-refractivity contribution in [3.8, 4) is 0 Å². The third kappa shape index (κ3) is 5.25. The zero-order chi connectivity index (χ0) is 20.2. The molecule has 0 aromatic carbocycles. The van der Waals surface area contributed by atoms with Gasteiger partial charge < -0.3 is 26.2 Å². The molecule has 1 fully saturated rings. The number of carbonyl (C=O) groups is 1. The van der Waals surface area contributed by atoms with Crippen LogP contribution in [0.5, 0.6) is 0 Å². The van der Waals surface area contributed by atoms with Gasteiger partial charge in [-0.25, -0.2) is 9.78 Å². The number of pyridine rings is 1. The SMILES string of the molecule is CN=C(C=C(N)OC1CCN(C(=O)O)CC1)c1cnc(N)cc1C(F)(F)F. The van der Waals surface area contributed by atoms with Crippen LogP contribution < -0.4 is 11.5 Å². The Balaban J connectivity index is 2.16. The van der Waals surface area contributed by atoms with E-state index in [1.54, 1.807) is 0 Å². The van der Waals surface area contributed by atoms with Crippen molar-refractivity contribution in [2.24, 2.45) is 10.7 Å². The van der Waals surface area contributed by atoms with Gasteiger partial charge in [0.25, 0.3) is 0 Å². The largest absolute Gasteiger partial charge is 0.476 e. The van der Waals surface area contributed by atoms with Crippen LogP contribution in [0.3, 0.4) is 0 Å². The predicted octanol–water partition coefficient (Wildman–Crippen LogP) is 2.06. The lowest BCUT2D eigenvalue weighted by Crippen LogP contribution is -2.40. The van der Waals surface area contributed by atoms with Crippen molar-refractivity contribution in [3.05, 3.63) is 35.3 Å². The van der Waals surface area contributed by atoms with Gasteiger partial charge >= 0.3 is 12.3 Å². The van der Waals surface area contributed by atoms with Crippen molar-refractivity contribution in [2.45, 2.75) is 25.1 Å². The number of aliphatic imine (C=N–C) groups is 1. The molecule has 2 rings (SSSR count). The van der Waals surface area contributed by atoms with E-state index < -0.39 is 17.8 Å². The van der Waals surface area contributed by atoms with Crippen LogP contribution in [0.1, 0.15) is 24.0 Å². The highest BCUT2D eigenvalue weighted by atomic mass is 19.4. The van der Waals surface area contributed by atoms with E-state index in [0.717, 1.165) is 12.3 Å². The zero-order valence-corrected chi connectivity index (χ0v) is 14.5. The Morgan fingerprint density at radius 1 is 1.44 bits per heavy atom. The molecule has 27 heavy (non-hydrogen) atoms. The summed E-state index contributed by atoms with van der Waals surface area (Å²) < 4.78 is 45.3. The van der Waals surface area contributed by atoms with Gasteiger partial charge in [-0.15, -0.1) is 0 Å². The molecule has 0 spiro atoms. The predicted molar refractivity (Wildman–Crippen MR) is 92.1 cm³/mol. The fourth-order valence-electron chi connectivity index (χ4n) is 2.70. The number of aromatic nitrogens is 1. The lowest BCUT2D eigenvalue weighted by molar-refractivity contribution is -0.137. The van der Waals surface area contributed by atoms with Crippen molar-refractivity contribution < 1.29 is 27.8 Å². The van der Waals surface area contributed by atoms with Crippen molar-refractivity contribution in [2.75, 3.05) is 25.9 Å². The number of nitrogens with two attached hydrogens (primary N) is 2. The Labute approximate surface area is 153 Å². The second-order valence-corrected chi connectivity index (χ2v) is 5.89. The number of halogens is 3. The molecule has 148 valence electrons.